The van der Waals surface area contributed by atoms with Crippen molar-refractivity contribution in [3.8, 4) is 0 Å². The zero-order valence-corrected chi connectivity index (χ0v) is 17.6. The lowest BCUT2D eigenvalue weighted by Crippen LogP contribution is -2.37. The molecule has 6 heteroatoms. The van der Waals surface area contributed by atoms with Gasteiger partial charge in [0.05, 0.1) is 10.9 Å². The first kappa shape index (κ1) is 23.5. The molecule has 0 aliphatic rings. The number of hydrogen-bond acceptors (Lipinski definition) is 2. The second-order valence-corrected chi connectivity index (χ2v) is 8.43. The van der Waals surface area contributed by atoms with Gasteiger partial charge in [0, 0.05) is 0 Å². The summed E-state index contributed by atoms with van der Waals surface area (Å²) in [6.45, 7) is 4.41. The average Bonchev–Trinajstić information content (AvgIpc) is 2.75. The van der Waals surface area contributed by atoms with Gasteiger partial charge in [0.1, 0.15) is 5.97 Å². The maximum absolute atomic E-state index is 10.5. The molecule has 0 saturated carbocycles. The number of halogens is 3. The van der Waals surface area contributed by atoms with Crippen LogP contribution in [-0.2, 0) is 28.5 Å². The average molecular weight is 433 g/mol. The second kappa shape index (κ2) is 10.9. The summed E-state index contributed by atoms with van der Waals surface area (Å²) in [5.41, 5.74) is 2.79. The van der Waals surface area contributed by atoms with Crippen molar-refractivity contribution in [1.82, 2.24) is 0 Å². The molecule has 30 heavy (non-hydrogen) atoms. The van der Waals surface area contributed by atoms with Crippen LogP contribution in [0.2, 0.25) is 0 Å². The van der Waals surface area contributed by atoms with Crippen molar-refractivity contribution in [1.29, 1.82) is 0 Å². The van der Waals surface area contributed by atoms with Crippen LogP contribution in [0, 0.1) is 0 Å². The molecule has 0 bridgehead atoms. The van der Waals surface area contributed by atoms with Crippen molar-refractivity contribution in [3.05, 3.63) is 90.0 Å². The van der Waals surface area contributed by atoms with Crippen LogP contribution in [0.5, 0.6) is 0 Å². The van der Waals surface area contributed by atoms with Gasteiger partial charge < -0.3 is 9.90 Å². The van der Waals surface area contributed by atoms with Crippen LogP contribution in [0.4, 0.5) is 13.2 Å². The summed E-state index contributed by atoms with van der Waals surface area (Å²) >= 11 is 0. The van der Waals surface area contributed by atoms with Crippen LogP contribution in [0.15, 0.2) is 93.5 Å². The van der Waals surface area contributed by atoms with Crippen LogP contribution >= 0.6 is 0 Å². The Labute approximate surface area is 177 Å². The smallest absolute Gasteiger partial charge is 0.430 e. The monoisotopic (exact) mass is 432 g/mol. The molecule has 3 aromatic rings. The number of carboxylic acids is 1. The van der Waals surface area contributed by atoms with Gasteiger partial charge in [0.15, 0.2) is 14.7 Å². The van der Waals surface area contributed by atoms with E-state index in [9.17, 15) is 13.2 Å². The van der Waals surface area contributed by atoms with Gasteiger partial charge in [-0.05, 0) is 60.4 Å². The normalized spacial score (nSPS) is 11.0. The Bertz CT molecular complexity index is 874. The van der Waals surface area contributed by atoms with E-state index in [1.165, 1.54) is 25.8 Å². The fourth-order valence-electron chi connectivity index (χ4n) is 2.69. The highest BCUT2D eigenvalue weighted by Crippen LogP contribution is 2.31. The fraction of sp³-hybridized carbons (Fsp3) is 0.208. The number of rotatable bonds is 5. The fourth-order valence-corrected chi connectivity index (χ4v) is 4.75. The zero-order valence-electron chi connectivity index (χ0n) is 16.8. The molecule has 3 rings (SSSR count). The van der Waals surface area contributed by atoms with Crippen molar-refractivity contribution >= 4 is 16.9 Å². The van der Waals surface area contributed by atoms with Crippen LogP contribution < -0.4 is 5.11 Å². The summed E-state index contributed by atoms with van der Waals surface area (Å²) in [7, 11) is -0.0351. The lowest BCUT2D eigenvalue weighted by atomic mass is 10.2. The van der Waals surface area contributed by atoms with E-state index in [1.807, 2.05) is 0 Å². The van der Waals surface area contributed by atoms with Gasteiger partial charge >= 0.3 is 6.18 Å². The third-order valence-electron chi connectivity index (χ3n) is 4.34. The van der Waals surface area contributed by atoms with E-state index in [-0.39, 0.29) is 10.9 Å². The number of carboxylic acid groups (broad SMARTS) is 1. The molecule has 0 N–H and O–H groups in total. The molecular formula is C24H23F3O2S. The van der Waals surface area contributed by atoms with E-state index in [2.05, 4.69) is 92.7 Å². The summed E-state index contributed by atoms with van der Waals surface area (Å²) in [6, 6.07) is 29.1. The Hall–Kier alpha value is -2.73. The minimum absolute atomic E-state index is 0.0351. The lowest BCUT2D eigenvalue weighted by molar-refractivity contribution is -0.344. The first-order valence-corrected chi connectivity index (χ1v) is 10.7. The quantitative estimate of drug-likeness (QED) is 0.520. The molecule has 0 fully saturated rings. The standard InChI is InChI=1S/C22H23S.C2HF3O2/c1-3-18-10-14-21(15-11-18)23(20-8-6-5-7-9-20)22-16-12-19(4-2)13-17-22;3-2(4,5)1(6)7/h5-17H,3-4H2,1-2H3;(H,6,7)/q+1;/p-1. The molecule has 0 unspecified atom stereocenters. The Morgan fingerprint density at radius 3 is 1.37 bits per heavy atom. The van der Waals surface area contributed by atoms with E-state index < -0.39 is 12.1 Å². The second-order valence-electron chi connectivity index (χ2n) is 6.40. The van der Waals surface area contributed by atoms with Gasteiger partial charge in [-0.2, -0.15) is 13.2 Å². The minimum atomic E-state index is -5.19. The largest absolute Gasteiger partial charge is 0.542 e. The molecule has 0 heterocycles. The van der Waals surface area contributed by atoms with Gasteiger partial charge in [0.2, 0.25) is 0 Å². The molecule has 0 atom stereocenters. The first-order valence-electron chi connectivity index (χ1n) is 9.51. The number of alkyl halides is 3. The SMILES string of the molecule is CCc1ccc([S+](c2ccccc2)c2ccc(CC)cc2)cc1.O=C([O-])C(F)(F)F. The van der Waals surface area contributed by atoms with Gasteiger partial charge in [-0.25, -0.2) is 0 Å². The maximum Gasteiger partial charge on any atom is 0.430 e. The van der Waals surface area contributed by atoms with Crippen LogP contribution in [0.1, 0.15) is 25.0 Å². The minimum Gasteiger partial charge on any atom is -0.542 e. The topological polar surface area (TPSA) is 40.1 Å². The Morgan fingerprint density at radius 1 is 0.733 bits per heavy atom. The van der Waals surface area contributed by atoms with Gasteiger partial charge in [-0.1, -0.05) is 56.3 Å². The van der Waals surface area contributed by atoms with E-state index >= 15 is 0 Å². The summed E-state index contributed by atoms with van der Waals surface area (Å²) in [5.74, 6) is -3.01. The van der Waals surface area contributed by atoms with Crippen molar-refractivity contribution in [2.24, 2.45) is 0 Å². The molecule has 3 aromatic carbocycles. The third kappa shape index (κ3) is 6.66. The van der Waals surface area contributed by atoms with Crippen LogP contribution in [0.3, 0.4) is 0 Å². The predicted octanol–water partition coefficient (Wildman–Crippen LogP) is 5.21. The first-order chi connectivity index (χ1) is 14.3. The predicted molar refractivity (Wildman–Crippen MR) is 111 cm³/mol. The highest BCUT2D eigenvalue weighted by molar-refractivity contribution is 7.97. The summed E-state index contributed by atoms with van der Waals surface area (Å²) in [5, 5.41) is 8.78. The number of aryl methyl sites for hydroxylation is 2. The van der Waals surface area contributed by atoms with Crippen molar-refractivity contribution in [2.75, 3.05) is 0 Å². The summed E-state index contributed by atoms with van der Waals surface area (Å²) in [4.78, 5) is 12.9. The number of carbonyl (C=O) groups is 1. The molecule has 0 amide bonds. The number of benzene rings is 3. The third-order valence-corrected chi connectivity index (χ3v) is 6.58. The van der Waals surface area contributed by atoms with E-state index in [0.717, 1.165) is 12.8 Å². The molecule has 0 aliphatic heterocycles. The van der Waals surface area contributed by atoms with Crippen molar-refractivity contribution in [3.63, 3.8) is 0 Å². The maximum atomic E-state index is 10.5. The molecule has 2 nitrogen and oxygen atoms in total. The van der Waals surface area contributed by atoms with Crippen LogP contribution in [-0.4, -0.2) is 12.1 Å². The van der Waals surface area contributed by atoms with Gasteiger partial charge in [0.25, 0.3) is 0 Å². The van der Waals surface area contributed by atoms with E-state index in [4.69, 9.17) is 9.90 Å². The molecule has 0 saturated heterocycles. The van der Waals surface area contributed by atoms with Gasteiger partial charge in [-0.3, -0.25) is 0 Å². The highest BCUT2D eigenvalue weighted by Gasteiger charge is 2.29. The molecule has 0 aliphatic carbocycles. The molecule has 158 valence electrons. The van der Waals surface area contributed by atoms with Gasteiger partial charge in [-0.15, -0.1) is 0 Å². The number of carbonyl (C=O) groups excluding carboxylic acids is 1. The van der Waals surface area contributed by atoms with Crippen molar-refractivity contribution < 1.29 is 23.1 Å². The summed E-state index contributed by atoms with van der Waals surface area (Å²) in [6.07, 6.45) is -3.02. The molecule has 0 radical (unpaired) electrons. The molecule has 0 aromatic heterocycles. The Kier molecular flexibility index (Phi) is 8.54. The Morgan fingerprint density at radius 2 is 1.07 bits per heavy atom. The zero-order chi connectivity index (χ0) is 22.1. The van der Waals surface area contributed by atoms with E-state index in [1.54, 1.807) is 0 Å². The highest BCUT2D eigenvalue weighted by atomic mass is 32.2. The van der Waals surface area contributed by atoms with E-state index in [0.29, 0.717) is 0 Å². The molecular weight excluding hydrogens is 409 g/mol. The number of hydrogen-bond donors (Lipinski definition) is 0. The number of aliphatic carboxylic acids is 1. The Balaban J connectivity index is 0.000000396. The van der Waals surface area contributed by atoms with Crippen molar-refractivity contribution in [2.45, 2.75) is 47.6 Å². The lowest BCUT2D eigenvalue weighted by Gasteiger charge is -2.09. The van der Waals surface area contributed by atoms with Crippen LogP contribution in [0.25, 0.3) is 0 Å². The molecule has 0 spiro atoms. The summed E-state index contributed by atoms with van der Waals surface area (Å²) < 4.78 is 31.5.